The van der Waals surface area contributed by atoms with Gasteiger partial charge in [0.25, 0.3) is 0 Å². The first-order valence-corrected chi connectivity index (χ1v) is 7.83. The van der Waals surface area contributed by atoms with Crippen molar-refractivity contribution < 1.29 is 13.5 Å². The number of halogens is 1. The van der Waals surface area contributed by atoms with Crippen molar-refractivity contribution in [2.45, 2.75) is 19.9 Å². The highest BCUT2D eigenvalue weighted by atomic mass is 35.5. The van der Waals surface area contributed by atoms with E-state index in [9.17, 15) is 8.42 Å². The minimum absolute atomic E-state index is 0.0173. The molecule has 0 amide bonds. The standard InChI is InChI=1S/C13H18ClNO3S/c1-10(2)13(9-16)15-19(17,18)8-7-11-3-5-12(14)6-4-11/h3-8,10,13,15-16H,9H2,1-2H3/t13-/m1/s1. The van der Waals surface area contributed by atoms with Gasteiger partial charge in [-0.25, -0.2) is 13.1 Å². The Balaban J connectivity index is 2.76. The summed E-state index contributed by atoms with van der Waals surface area (Å²) in [4.78, 5) is 0. The summed E-state index contributed by atoms with van der Waals surface area (Å²) < 4.78 is 26.1. The first-order chi connectivity index (χ1) is 8.84. The number of sulfonamides is 1. The lowest BCUT2D eigenvalue weighted by Crippen LogP contribution is -2.40. The van der Waals surface area contributed by atoms with Gasteiger partial charge in [0.1, 0.15) is 0 Å². The normalized spacial score (nSPS) is 14.2. The highest BCUT2D eigenvalue weighted by Crippen LogP contribution is 2.11. The first-order valence-electron chi connectivity index (χ1n) is 5.91. The molecule has 19 heavy (non-hydrogen) atoms. The van der Waals surface area contributed by atoms with Gasteiger partial charge in [0.05, 0.1) is 6.61 Å². The van der Waals surface area contributed by atoms with Crippen LogP contribution in [0.25, 0.3) is 6.08 Å². The molecule has 1 aromatic carbocycles. The minimum atomic E-state index is -3.57. The zero-order valence-electron chi connectivity index (χ0n) is 10.9. The van der Waals surface area contributed by atoms with E-state index in [2.05, 4.69) is 4.72 Å². The summed E-state index contributed by atoms with van der Waals surface area (Å²) in [5, 5.41) is 10.8. The Morgan fingerprint density at radius 3 is 2.37 bits per heavy atom. The molecule has 0 unspecified atom stereocenters. The number of rotatable bonds is 6. The van der Waals surface area contributed by atoms with Crippen molar-refractivity contribution in [1.29, 1.82) is 0 Å². The van der Waals surface area contributed by atoms with Crippen molar-refractivity contribution in [3.63, 3.8) is 0 Å². The van der Waals surface area contributed by atoms with E-state index in [0.29, 0.717) is 5.02 Å². The molecule has 0 fully saturated rings. The number of aliphatic hydroxyl groups excluding tert-OH is 1. The summed E-state index contributed by atoms with van der Waals surface area (Å²) in [6.45, 7) is 3.45. The van der Waals surface area contributed by atoms with E-state index in [0.717, 1.165) is 11.0 Å². The van der Waals surface area contributed by atoms with Crippen molar-refractivity contribution in [3.8, 4) is 0 Å². The van der Waals surface area contributed by atoms with Gasteiger partial charge in [0, 0.05) is 16.5 Å². The molecule has 0 aromatic heterocycles. The van der Waals surface area contributed by atoms with Gasteiger partial charge in [-0.15, -0.1) is 0 Å². The fraction of sp³-hybridized carbons (Fsp3) is 0.385. The molecule has 6 heteroatoms. The van der Waals surface area contributed by atoms with E-state index in [1.807, 2.05) is 13.8 Å². The molecule has 1 aromatic rings. The van der Waals surface area contributed by atoms with Gasteiger partial charge in [-0.2, -0.15) is 0 Å². The monoisotopic (exact) mass is 303 g/mol. The Kier molecular flexibility index (Phi) is 6.00. The Morgan fingerprint density at radius 1 is 1.32 bits per heavy atom. The maximum Gasteiger partial charge on any atom is 0.234 e. The minimum Gasteiger partial charge on any atom is -0.395 e. The van der Waals surface area contributed by atoms with Crippen LogP contribution < -0.4 is 4.72 Å². The second kappa shape index (κ2) is 7.05. The van der Waals surface area contributed by atoms with E-state index in [1.54, 1.807) is 24.3 Å². The second-order valence-electron chi connectivity index (χ2n) is 4.55. The third-order valence-electron chi connectivity index (χ3n) is 2.63. The molecule has 0 heterocycles. The van der Waals surface area contributed by atoms with Crippen molar-refractivity contribution in [3.05, 3.63) is 40.3 Å². The fourth-order valence-corrected chi connectivity index (χ4v) is 2.69. The molecule has 4 nitrogen and oxygen atoms in total. The number of hydrogen-bond donors (Lipinski definition) is 2. The molecule has 0 aliphatic heterocycles. The highest BCUT2D eigenvalue weighted by Gasteiger charge is 2.17. The molecule has 2 N–H and O–H groups in total. The van der Waals surface area contributed by atoms with Crippen LogP contribution in [-0.2, 0) is 10.0 Å². The quantitative estimate of drug-likeness (QED) is 0.847. The van der Waals surface area contributed by atoms with Crippen molar-refractivity contribution >= 4 is 27.7 Å². The van der Waals surface area contributed by atoms with Crippen LogP contribution in [0.3, 0.4) is 0 Å². The van der Waals surface area contributed by atoms with Crippen molar-refractivity contribution in [2.75, 3.05) is 6.61 Å². The molecule has 106 valence electrons. The first kappa shape index (κ1) is 16.2. The SMILES string of the molecule is CC(C)[C@@H](CO)NS(=O)(=O)C=Cc1ccc(Cl)cc1. The van der Waals surface area contributed by atoms with Crippen molar-refractivity contribution in [2.24, 2.45) is 5.92 Å². The van der Waals surface area contributed by atoms with Crippen LogP contribution in [0.1, 0.15) is 19.4 Å². The van der Waals surface area contributed by atoms with Crippen LogP contribution >= 0.6 is 11.6 Å². The van der Waals surface area contributed by atoms with E-state index < -0.39 is 16.1 Å². The molecule has 0 aliphatic rings. The summed E-state index contributed by atoms with van der Waals surface area (Å²) in [5.74, 6) is 0.0173. The largest absolute Gasteiger partial charge is 0.395 e. The molecule has 1 atom stereocenters. The highest BCUT2D eigenvalue weighted by molar-refractivity contribution is 7.92. The predicted octanol–water partition coefficient (Wildman–Crippen LogP) is 2.25. The molecule has 0 saturated heterocycles. The summed E-state index contributed by atoms with van der Waals surface area (Å²) in [5.41, 5.74) is 0.736. The van der Waals surface area contributed by atoms with Gasteiger partial charge in [-0.05, 0) is 29.7 Å². The lowest BCUT2D eigenvalue weighted by atomic mass is 10.1. The maximum absolute atomic E-state index is 11.8. The van der Waals surface area contributed by atoms with Gasteiger partial charge in [0.2, 0.25) is 10.0 Å². The zero-order chi connectivity index (χ0) is 14.5. The van der Waals surface area contributed by atoms with E-state index in [4.69, 9.17) is 16.7 Å². The zero-order valence-corrected chi connectivity index (χ0v) is 12.4. The van der Waals surface area contributed by atoms with Crippen molar-refractivity contribution in [1.82, 2.24) is 4.72 Å². The topological polar surface area (TPSA) is 66.4 Å². The molecule has 0 aliphatic carbocycles. The Labute approximate surface area is 119 Å². The number of hydrogen-bond acceptors (Lipinski definition) is 3. The van der Waals surface area contributed by atoms with Crippen LogP contribution in [0.4, 0.5) is 0 Å². The molecule has 0 bridgehead atoms. The van der Waals surface area contributed by atoms with Crippen LogP contribution in [-0.4, -0.2) is 26.2 Å². The predicted molar refractivity (Wildman–Crippen MR) is 78.3 cm³/mol. The van der Waals surface area contributed by atoms with E-state index in [1.165, 1.54) is 6.08 Å². The molecule has 0 saturated carbocycles. The number of aliphatic hydroxyl groups is 1. The third-order valence-corrected chi connectivity index (χ3v) is 4.00. The molecular weight excluding hydrogens is 286 g/mol. The maximum atomic E-state index is 11.8. The number of nitrogens with one attached hydrogen (secondary N) is 1. The van der Waals surface area contributed by atoms with Gasteiger partial charge in [-0.1, -0.05) is 37.6 Å². The summed E-state index contributed by atoms with van der Waals surface area (Å²) >= 11 is 5.74. The second-order valence-corrected chi connectivity index (χ2v) is 6.58. The lowest BCUT2D eigenvalue weighted by Gasteiger charge is -2.18. The molecule has 0 radical (unpaired) electrons. The molecule has 0 spiro atoms. The summed E-state index contributed by atoms with van der Waals surface area (Å²) in [7, 11) is -3.57. The van der Waals surface area contributed by atoms with E-state index >= 15 is 0 Å². The van der Waals surface area contributed by atoms with Gasteiger partial charge in [-0.3, -0.25) is 0 Å². The molecule has 1 rings (SSSR count). The third kappa shape index (κ3) is 5.74. The summed E-state index contributed by atoms with van der Waals surface area (Å²) in [6.07, 6.45) is 1.48. The summed E-state index contributed by atoms with van der Waals surface area (Å²) in [6, 6.07) is 6.33. The van der Waals surface area contributed by atoms with Crippen LogP contribution in [0.5, 0.6) is 0 Å². The van der Waals surface area contributed by atoms with Gasteiger partial charge >= 0.3 is 0 Å². The Bertz CT molecular complexity index is 523. The van der Waals surface area contributed by atoms with Gasteiger partial charge in [0.15, 0.2) is 0 Å². The van der Waals surface area contributed by atoms with Crippen LogP contribution in [0.2, 0.25) is 5.02 Å². The van der Waals surface area contributed by atoms with E-state index in [-0.39, 0.29) is 12.5 Å². The Morgan fingerprint density at radius 2 is 1.89 bits per heavy atom. The van der Waals surface area contributed by atoms with Gasteiger partial charge < -0.3 is 5.11 Å². The average molecular weight is 304 g/mol. The van der Waals surface area contributed by atoms with Crippen LogP contribution in [0, 0.1) is 5.92 Å². The Hall–Kier alpha value is -0.880. The van der Waals surface area contributed by atoms with Crippen LogP contribution in [0.15, 0.2) is 29.7 Å². The lowest BCUT2D eigenvalue weighted by molar-refractivity contribution is 0.228. The average Bonchev–Trinajstić information content (AvgIpc) is 2.35. The number of benzene rings is 1. The molecular formula is C13H18ClNO3S. The smallest absolute Gasteiger partial charge is 0.234 e. The fourth-order valence-electron chi connectivity index (χ4n) is 1.38.